The van der Waals surface area contributed by atoms with Gasteiger partial charge in [0.15, 0.2) is 0 Å². The highest BCUT2D eigenvalue weighted by molar-refractivity contribution is 7.89. The summed E-state index contributed by atoms with van der Waals surface area (Å²) in [5, 5.41) is 3.27. The van der Waals surface area contributed by atoms with Gasteiger partial charge < -0.3 is 10.1 Å². The van der Waals surface area contributed by atoms with Crippen LogP contribution in [0.3, 0.4) is 0 Å². The Labute approximate surface area is 121 Å². The van der Waals surface area contributed by atoms with Gasteiger partial charge in [-0.05, 0) is 38.1 Å². The molecule has 0 aromatic heterocycles. The molecule has 5 nitrogen and oxygen atoms in total. The molecule has 6 heteroatoms. The van der Waals surface area contributed by atoms with E-state index in [2.05, 4.69) is 17.0 Å². The van der Waals surface area contributed by atoms with Crippen molar-refractivity contribution in [3.63, 3.8) is 0 Å². The van der Waals surface area contributed by atoms with Gasteiger partial charge in [-0.25, -0.2) is 13.1 Å². The first-order chi connectivity index (χ1) is 9.55. The van der Waals surface area contributed by atoms with E-state index in [1.807, 2.05) is 6.92 Å². The molecule has 0 heterocycles. The molecule has 2 N–H and O–H groups in total. The summed E-state index contributed by atoms with van der Waals surface area (Å²) >= 11 is 0. The SMILES string of the molecule is CCCNCc1cc(S(=O)(=O)NCC)ccc1OCC. The van der Waals surface area contributed by atoms with Crippen molar-refractivity contribution in [3.8, 4) is 5.75 Å². The fourth-order valence-corrected chi connectivity index (χ4v) is 2.92. The Hall–Kier alpha value is -1.11. The number of hydrogen-bond donors (Lipinski definition) is 2. The van der Waals surface area contributed by atoms with Gasteiger partial charge in [-0.15, -0.1) is 0 Å². The number of hydrogen-bond acceptors (Lipinski definition) is 4. The predicted octanol–water partition coefficient (Wildman–Crippen LogP) is 1.88. The Kier molecular flexibility index (Phi) is 6.98. The number of sulfonamides is 1. The highest BCUT2D eigenvalue weighted by atomic mass is 32.2. The predicted molar refractivity (Wildman–Crippen MR) is 80.5 cm³/mol. The fourth-order valence-electron chi connectivity index (χ4n) is 1.83. The third-order valence-corrected chi connectivity index (χ3v) is 4.26. The maximum Gasteiger partial charge on any atom is 0.240 e. The molecule has 0 amide bonds. The van der Waals surface area contributed by atoms with Gasteiger partial charge in [0, 0.05) is 18.7 Å². The van der Waals surface area contributed by atoms with Crippen molar-refractivity contribution in [1.29, 1.82) is 0 Å². The molecular formula is C14H24N2O3S. The average Bonchev–Trinajstić information content (AvgIpc) is 2.41. The number of rotatable bonds is 9. The van der Waals surface area contributed by atoms with Crippen LogP contribution in [0.15, 0.2) is 23.1 Å². The Morgan fingerprint density at radius 3 is 2.55 bits per heavy atom. The third kappa shape index (κ3) is 4.77. The van der Waals surface area contributed by atoms with Crippen molar-refractivity contribution < 1.29 is 13.2 Å². The minimum Gasteiger partial charge on any atom is -0.494 e. The standard InChI is InChI=1S/C14H24N2O3S/c1-4-9-15-11-12-10-13(20(17,18)16-5-2)7-8-14(12)19-6-3/h7-8,10,15-16H,4-6,9,11H2,1-3H3. The summed E-state index contributed by atoms with van der Waals surface area (Å²) in [4.78, 5) is 0.274. The van der Waals surface area contributed by atoms with Crippen LogP contribution in [0.2, 0.25) is 0 Å². The van der Waals surface area contributed by atoms with Crippen LogP contribution >= 0.6 is 0 Å². The lowest BCUT2D eigenvalue weighted by molar-refractivity contribution is 0.335. The van der Waals surface area contributed by atoms with Crippen molar-refractivity contribution in [3.05, 3.63) is 23.8 Å². The summed E-state index contributed by atoms with van der Waals surface area (Å²) in [6.45, 7) is 8.17. The van der Waals surface area contributed by atoms with Crippen molar-refractivity contribution in [2.24, 2.45) is 0 Å². The van der Waals surface area contributed by atoms with Crippen LogP contribution in [-0.2, 0) is 16.6 Å². The van der Waals surface area contributed by atoms with Crippen LogP contribution in [0.4, 0.5) is 0 Å². The van der Waals surface area contributed by atoms with E-state index >= 15 is 0 Å². The Balaban J connectivity index is 3.03. The van der Waals surface area contributed by atoms with Crippen LogP contribution in [-0.4, -0.2) is 28.1 Å². The van der Waals surface area contributed by atoms with Crippen LogP contribution < -0.4 is 14.8 Å². The molecule has 114 valence electrons. The van der Waals surface area contributed by atoms with E-state index in [-0.39, 0.29) is 4.90 Å². The Bertz CT molecular complexity index is 515. The first kappa shape index (κ1) is 16.9. The molecule has 0 spiro atoms. The first-order valence-corrected chi connectivity index (χ1v) is 8.49. The summed E-state index contributed by atoms with van der Waals surface area (Å²) in [6, 6.07) is 4.97. The second-order valence-electron chi connectivity index (χ2n) is 4.38. The minimum atomic E-state index is -3.43. The number of benzene rings is 1. The van der Waals surface area contributed by atoms with E-state index in [4.69, 9.17) is 4.74 Å². The van der Waals surface area contributed by atoms with Gasteiger partial charge >= 0.3 is 0 Å². The van der Waals surface area contributed by atoms with Crippen molar-refractivity contribution in [2.45, 2.75) is 38.6 Å². The molecule has 1 aromatic rings. The zero-order valence-corrected chi connectivity index (χ0v) is 13.2. The molecular weight excluding hydrogens is 276 g/mol. The van der Waals surface area contributed by atoms with Gasteiger partial charge in [0.25, 0.3) is 0 Å². The summed E-state index contributed by atoms with van der Waals surface area (Å²) in [5.41, 5.74) is 0.860. The molecule has 0 unspecified atom stereocenters. The van der Waals surface area contributed by atoms with E-state index in [0.29, 0.717) is 19.7 Å². The van der Waals surface area contributed by atoms with Gasteiger partial charge in [0.05, 0.1) is 11.5 Å². The fraction of sp³-hybridized carbons (Fsp3) is 0.571. The quantitative estimate of drug-likeness (QED) is 0.683. The molecule has 0 aliphatic carbocycles. The maximum absolute atomic E-state index is 12.0. The zero-order chi connectivity index (χ0) is 15.0. The lowest BCUT2D eigenvalue weighted by Gasteiger charge is -2.13. The van der Waals surface area contributed by atoms with E-state index in [1.54, 1.807) is 25.1 Å². The summed E-state index contributed by atoms with van der Waals surface area (Å²) in [6.07, 6.45) is 1.03. The molecule has 0 saturated heterocycles. The average molecular weight is 300 g/mol. The second kappa shape index (κ2) is 8.24. The second-order valence-corrected chi connectivity index (χ2v) is 6.15. The van der Waals surface area contributed by atoms with E-state index in [1.165, 1.54) is 0 Å². The smallest absolute Gasteiger partial charge is 0.240 e. The molecule has 0 aliphatic heterocycles. The third-order valence-electron chi connectivity index (χ3n) is 2.72. The topological polar surface area (TPSA) is 67.4 Å². The zero-order valence-electron chi connectivity index (χ0n) is 12.4. The van der Waals surface area contributed by atoms with Crippen LogP contribution in [0.5, 0.6) is 5.75 Å². The highest BCUT2D eigenvalue weighted by Crippen LogP contribution is 2.22. The Morgan fingerprint density at radius 1 is 1.20 bits per heavy atom. The van der Waals surface area contributed by atoms with Gasteiger partial charge in [-0.3, -0.25) is 0 Å². The van der Waals surface area contributed by atoms with Gasteiger partial charge in [0.2, 0.25) is 10.0 Å². The highest BCUT2D eigenvalue weighted by Gasteiger charge is 2.15. The molecule has 0 saturated carbocycles. The molecule has 0 fully saturated rings. The van der Waals surface area contributed by atoms with Gasteiger partial charge in [0.1, 0.15) is 5.75 Å². The molecule has 0 atom stereocenters. The van der Waals surface area contributed by atoms with Crippen LogP contribution in [0, 0.1) is 0 Å². The first-order valence-electron chi connectivity index (χ1n) is 7.01. The number of nitrogens with one attached hydrogen (secondary N) is 2. The van der Waals surface area contributed by atoms with Crippen molar-refractivity contribution in [2.75, 3.05) is 19.7 Å². The van der Waals surface area contributed by atoms with E-state index in [0.717, 1.165) is 24.3 Å². The van der Waals surface area contributed by atoms with Crippen molar-refractivity contribution >= 4 is 10.0 Å². The molecule has 0 aliphatic rings. The minimum absolute atomic E-state index is 0.274. The number of ether oxygens (including phenoxy) is 1. The van der Waals surface area contributed by atoms with Crippen molar-refractivity contribution in [1.82, 2.24) is 10.0 Å². The van der Waals surface area contributed by atoms with Gasteiger partial charge in [-0.2, -0.15) is 0 Å². The maximum atomic E-state index is 12.0. The largest absolute Gasteiger partial charge is 0.494 e. The molecule has 1 rings (SSSR count). The molecule has 0 bridgehead atoms. The summed E-state index contributed by atoms with van der Waals surface area (Å²) < 4.78 is 32.1. The molecule has 0 radical (unpaired) electrons. The lowest BCUT2D eigenvalue weighted by Crippen LogP contribution is -2.23. The summed E-state index contributed by atoms with van der Waals surface area (Å²) in [5.74, 6) is 0.728. The Morgan fingerprint density at radius 2 is 1.95 bits per heavy atom. The monoisotopic (exact) mass is 300 g/mol. The molecule has 20 heavy (non-hydrogen) atoms. The lowest BCUT2D eigenvalue weighted by atomic mass is 10.2. The van der Waals surface area contributed by atoms with Gasteiger partial charge in [-0.1, -0.05) is 13.8 Å². The summed E-state index contributed by atoms with van der Waals surface area (Å²) in [7, 11) is -3.43. The van der Waals surface area contributed by atoms with E-state index < -0.39 is 10.0 Å². The van der Waals surface area contributed by atoms with E-state index in [9.17, 15) is 8.42 Å². The van der Waals surface area contributed by atoms with Crippen LogP contribution in [0.1, 0.15) is 32.8 Å². The van der Waals surface area contributed by atoms with Crippen LogP contribution in [0.25, 0.3) is 0 Å². The molecule has 1 aromatic carbocycles. The normalized spacial score (nSPS) is 11.6.